The summed E-state index contributed by atoms with van der Waals surface area (Å²) in [5, 5.41) is 3.28. The quantitative estimate of drug-likeness (QED) is 0.634. The van der Waals surface area contributed by atoms with E-state index in [4.69, 9.17) is 4.74 Å². The predicted molar refractivity (Wildman–Crippen MR) is 48.4 cm³/mol. The van der Waals surface area contributed by atoms with E-state index >= 15 is 0 Å². The van der Waals surface area contributed by atoms with E-state index in [1.165, 1.54) is 0 Å². The molecule has 1 unspecified atom stereocenters. The zero-order valence-corrected chi connectivity index (χ0v) is 7.95. The maximum absolute atomic E-state index is 11.4. The van der Waals surface area contributed by atoms with Crippen LogP contribution in [0.5, 0.6) is 0 Å². The molecule has 0 aliphatic carbocycles. The van der Waals surface area contributed by atoms with E-state index in [-0.39, 0.29) is 5.91 Å². The van der Waals surface area contributed by atoms with E-state index in [0.29, 0.717) is 12.1 Å². The average molecular weight is 184 g/mol. The summed E-state index contributed by atoms with van der Waals surface area (Å²) in [6, 6.07) is 0.730. The third kappa shape index (κ3) is 1.69. The number of hydrogen-bond acceptors (Lipinski definition) is 3. The number of nitrogens with one attached hydrogen (secondary N) is 1. The van der Waals surface area contributed by atoms with E-state index in [1.807, 2.05) is 4.90 Å². The predicted octanol–water partition coefficient (Wildman–Crippen LogP) is -0.404. The highest BCUT2D eigenvalue weighted by Crippen LogP contribution is 2.17. The summed E-state index contributed by atoms with van der Waals surface area (Å²) in [6.45, 7) is 5.06. The molecule has 13 heavy (non-hydrogen) atoms. The number of rotatable bonds is 2. The minimum atomic E-state index is 0.182. The first-order valence-corrected chi connectivity index (χ1v) is 4.86. The van der Waals surface area contributed by atoms with Crippen LogP contribution in [-0.4, -0.2) is 49.2 Å². The first kappa shape index (κ1) is 8.97. The Hall–Kier alpha value is -0.610. The molecule has 2 saturated heterocycles. The summed E-state index contributed by atoms with van der Waals surface area (Å²) >= 11 is 0. The summed E-state index contributed by atoms with van der Waals surface area (Å²) in [7, 11) is 0. The Morgan fingerprint density at radius 1 is 1.46 bits per heavy atom. The maximum atomic E-state index is 11.4. The van der Waals surface area contributed by atoms with Gasteiger partial charge in [-0.3, -0.25) is 4.79 Å². The van der Waals surface area contributed by atoms with Crippen LogP contribution in [-0.2, 0) is 9.53 Å². The van der Waals surface area contributed by atoms with Gasteiger partial charge in [-0.15, -0.1) is 0 Å². The molecular formula is C9H16N2O2. The third-order valence-electron chi connectivity index (χ3n) is 2.81. The Morgan fingerprint density at radius 2 is 2.23 bits per heavy atom. The van der Waals surface area contributed by atoms with Crippen LogP contribution in [0.25, 0.3) is 0 Å². The standard InChI is InChI=1S/C9H16N2O2/c1-7(12)11(9-5-13-6-9)8-2-3-10-4-8/h8-10H,2-6H2,1H3. The number of hydrogen-bond donors (Lipinski definition) is 1. The van der Waals surface area contributed by atoms with Crippen molar-refractivity contribution in [3.8, 4) is 0 Å². The Balaban J connectivity index is 1.98. The fraction of sp³-hybridized carbons (Fsp3) is 0.889. The van der Waals surface area contributed by atoms with Crippen molar-refractivity contribution < 1.29 is 9.53 Å². The van der Waals surface area contributed by atoms with Crippen molar-refractivity contribution in [1.82, 2.24) is 10.2 Å². The van der Waals surface area contributed by atoms with Gasteiger partial charge >= 0.3 is 0 Å². The van der Waals surface area contributed by atoms with Gasteiger partial charge in [0.2, 0.25) is 5.91 Å². The van der Waals surface area contributed by atoms with Crippen LogP contribution < -0.4 is 5.32 Å². The van der Waals surface area contributed by atoms with Gasteiger partial charge in [-0.1, -0.05) is 0 Å². The highest BCUT2D eigenvalue weighted by molar-refractivity contribution is 5.74. The van der Waals surface area contributed by atoms with Gasteiger partial charge in [-0.2, -0.15) is 0 Å². The Bertz CT molecular complexity index is 198. The average Bonchev–Trinajstić information content (AvgIpc) is 2.46. The van der Waals surface area contributed by atoms with Crippen molar-refractivity contribution in [2.75, 3.05) is 26.3 Å². The summed E-state index contributed by atoms with van der Waals surface area (Å²) in [6.07, 6.45) is 1.08. The van der Waals surface area contributed by atoms with Gasteiger partial charge < -0.3 is 15.0 Å². The summed E-state index contributed by atoms with van der Waals surface area (Å²) in [5.74, 6) is 0.182. The largest absolute Gasteiger partial charge is 0.377 e. The minimum Gasteiger partial charge on any atom is -0.377 e. The van der Waals surface area contributed by atoms with Crippen molar-refractivity contribution in [2.45, 2.75) is 25.4 Å². The first-order valence-electron chi connectivity index (χ1n) is 4.86. The lowest BCUT2D eigenvalue weighted by Gasteiger charge is -2.40. The molecule has 1 N–H and O–H groups in total. The molecule has 0 saturated carbocycles. The molecule has 0 spiro atoms. The fourth-order valence-electron chi connectivity index (χ4n) is 2.07. The second-order valence-corrected chi connectivity index (χ2v) is 3.76. The minimum absolute atomic E-state index is 0.182. The molecule has 4 heteroatoms. The maximum Gasteiger partial charge on any atom is 0.220 e. The van der Waals surface area contributed by atoms with Crippen molar-refractivity contribution in [3.05, 3.63) is 0 Å². The van der Waals surface area contributed by atoms with E-state index in [0.717, 1.165) is 32.7 Å². The van der Waals surface area contributed by atoms with Crippen molar-refractivity contribution >= 4 is 5.91 Å². The van der Waals surface area contributed by atoms with Crippen LogP contribution in [0.4, 0.5) is 0 Å². The van der Waals surface area contributed by atoms with Crippen LogP contribution in [0.1, 0.15) is 13.3 Å². The van der Waals surface area contributed by atoms with Crippen molar-refractivity contribution in [2.24, 2.45) is 0 Å². The van der Waals surface area contributed by atoms with Gasteiger partial charge in [-0.05, 0) is 13.0 Å². The summed E-state index contributed by atoms with van der Waals surface area (Å²) in [4.78, 5) is 13.4. The fourth-order valence-corrected chi connectivity index (χ4v) is 2.07. The third-order valence-corrected chi connectivity index (χ3v) is 2.81. The van der Waals surface area contributed by atoms with Gasteiger partial charge in [0.25, 0.3) is 0 Å². The zero-order chi connectivity index (χ0) is 9.26. The second-order valence-electron chi connectivity index (χ2n) is 3.76. The smallest absolute Gasteiger partial charge is 0.220 e. The van der Waals surface area contributed by atoms with Crippen molar-refractivity contribution in [3.63, 3.8) is 0 Å². The van der Waals surface area contributed by atoms with E-state index in [2.05, 4.69) is 5.32 Å². The molecule has 0 bridgehead atoms. The lowest BCUT2D eigenvalue weighted by molar-refractivity contribution is -0.146. The van der Waals surface area contributed by atoms with Crippen LogP contribution in [0.3, 0.4) is 0 Å². The molecule has 1 amide bonds. The highest BCUT2D eigenvalue weighted by Gasteiger charge is 2.34. The Kier molecular flexibility index (Phi) is 2.51. The molecule has 2 fully saturated rings. The first-order chi connectivity index (χ1) is 6.29. The van der Waals surface area contributed by atoms with Gasteiger partial charge in [0, 0.05) is 19.5 Å². The molecule has 0 aromatic carbocycles. The molecule has 2 aliphatic heterocycles. The zero-order valence-electron chi connectivity index (χ0n) is 7.95. The Morgan fingerprint density at radius 3 is 2.62 bits per heavy atom. The normalized spacial score (nSPS) is 28.5. The molecule has 2 heterocycles. The second kappa shape index (κ2) is 3.64. The molecule has 0 radical (unpaired) electrons. The van der Waals surface area contributed by atoms with Gasteiger partial charge in [0.15, 0.2) is 0 Å². The van der Waals surface area contributed by atoms with E-state index in [1.54, 1.807) is 6.92 Å². The molecule has 2 rings (SSSR count). The van der Waals surface area contributed by atoms with Gasteiger partial charge in [0.05, 0.1) is 19.3 Å². The van der Waals surface area contributed by atoms with Gasteiger partial charge in [0.1, 0.15) is 0 Å². The molecule has 4 nitrogen and oxygen atoms in total. The number of amides is 1. The summed E-state index contributed by atoms with van der Waals surface area (Å²) < 4.78 is 5.11. The summed E-state index contributed by atoms with van der Waals surface area (Å²) in [5.41, 5.74) is 0. The number of carbonyl (C=O) groups is 1. The molecule has 74 valence electrons. The Labute approximate surface area is 78.2 Å². The number of ether oxygens (including phenoxy) is 1. The van der Waals surface area contributed by atoms with Gasteiger partial charge in [-0.25, -0.2) is 0 Å². The topological polar surface area (TPSA) is 41.6 Å². The highest BCUT2D eigenvalue weighted by atomic mass is 16.5. The lowest BCUT2D eigenvalue weighted by Crippen LogP contribution is -2.55. The van der Waals surface area contributed by atoms with Crippen LogP contribution in [0.15, 0.2) is 0 Å². The van der Waals surface area contributed by atoms with Crippen LogP contribution in [0.2, 0.25) is 0 Å². The van der Waals surface area contributed by atoms with E-state index < -0.39 is 0 Å². The molecule has 0 aromatic rings. The number of carbonyl (C=O) groups excluding carboxylic acids is 1. The monoisotopic (exact) mass is 184 g/mol. The molecule has 2 aliphatic rings. The van der Waals surface area contributed by atoms with Crippen LogP contribution >= 0.6 is 0 Å². The molecule has 0 aromatic heterocycles. The lowest BCUT2D eigenvalue weighted by atomic mass is 10.1. The number of nitrogens with zero attached hydrogens (tertiary/aromatic N) is 1. The van der Waals surface area contributed by atoms with Crippen LogP contribution in [0, 0.1) is 0 Å². The molecular weight excluding hydrogens is 168 g/mol. The molecule has 1 atom stereocenters. The SMILES string of the molecule is CC(=O)N(C1CCNC1)C1COC1. The van der Waals surface area contributed by atoms with Crippen molar-refractivity contribution in [1.29, 1.82) is 0 Å². The van der Waals surface area contributed by atoms with E-state index in [9.17, 15) is 4.79 Å².